The van der Waals surface area contributed by atoms with Gasteiger partial charge in [0.05, 0.1) is 13.2 Å². The fourth-order valence-corrected chi connectivity index (χ4v) is 12.0. The molecule has 2 aromatic rings. The molecule has 4 saturated carbocycles. The lowest BCUT2D eigenvalue weighted by Gasteiger charge is -2.31. The highest BCUT2D eigenvalue weighted by Gasteiger charge is 2.27. The van der Waals surface area contributed by atoms with Crippen LogP contribution in [0.2, 0.25) is 0 Å². The Morgan fingerprint density at radius 2 is 0.709 bits per heavy atom. The molecule has 2 aromatic carbocycles. The summed E-state index contributed by atoms with van der Waals surface area (Å²) in [5, 5.41) is 0. The molecule has 4 aliphatic rings. The summed E-state index contributed by atoms with van der Waals surface area (Å²) in [5.41, 5.74) is 9.18. The van der Waals surface area contributed by atoms with Crippen LogP contribution in [0.5, 0.6) is 0 Å². The highest BCUT2D eigenvalue weighted by molar-refractivity contribution is 5.69. The van der Waals surface area contributed by atoms with Crippen LogP contribution in [0.1, 0.15) is 216 Å². The molecule has 0 heterocycles. The van der Waals surface area contributed by atoms with Crippen LogP contribution in [0.4, 0.5) is 0 Å². The van der Waals surface area contributed by atoms with E-state index in [4.69, 9.17) is 4.74 Å². The molecule has 4 aliphatic carbocycles. The smallest absolute Gasteiger partial charge is 0.0657 e. The van der Waals surface area contributed by atoms with Crippen LogP contribution >= 0.6 is 0 Å². The van der Waals surface area contributed by atoms with Gasteiger partial charge in [-0.15, -0.1) is 0 Å². The third-order valence-electron chi connectivity index (χ3n) is 15.3. The number of benzene rings is 2. The van der Waals surface area contributed by atoms with Crippen LogP contribution in [0.15, 0.2) is 60.7 Å². The highest BCUT2D eigenvalue weighted by Crippen LogP contribution is 2.43. The molecular weight excluding hydrogens is 665 g/mol. The van der Waals surface area contributed by atoms with E-state index >= 15 is 0 Å². The second-order valence-corrected chi connectivity index (χ2v) is 19.1. The number of hydrogen-bond acceptors (Lipinski definition) is 1. The van der Waals surface area contributed by atoms with Gasteiger partial charge in [-0.2, -0.15) is 0 Å². The fourth-order valence-electron chi connectivity index (χ4n) is 12.0. The first-order chi connectivity index (χ1) is 27.1. The van der Waals surface area contributed by atoms with Gasteiger partial charge in [0.25, 0.3) is 0 Å². The van der Waals surface area contributed by atoms with E-state index in [1.165, 1.54) is 165 Å². The Morgan fingerprint density at radius 3 is 1.00 bits per heavy atom. The largest absolute Gasteiger partial charge is 0.373 e. The van der Waals surface area contributed by atoms with E-state index in [1.807, 2.05) is 0 Å². The quantitative estimate of drug-likeness (QED) is 0.138. The molecule has 0 N–H and O–H groups in total. The monoisotopic (exact) mass is 747 g/mol. The molecule has 4 fully saturated rings. The fraction of sp³-hybridized carbons (Fsp3) is 0.704. The van der Waals surface area contributed by atoms with Gasteiger partial charge in [-0.3, -0.25) is 0 Å². The minimum Gasteiger partial charge on any atom is -0.373 e. The SMILES string of the molecule is CCCC1CCC(C(=CCOCC=C(c2ccc(C3CCC(CCC)CC3)cc2)C2CCC(CCC)CC2)c2ccc(C3CCC(CCC)CC3)cc2)CC1. The number of rotatable bonds is 18. The molecule has 0 radical (unpaired) electrons. The van der Waals surface area contributed by atoms with E-state index in [2.05, 4.69) is 88.4 Å². The molecule has 6 rings (SSSR count). The minimum atomic E-state index is 0.664. The van der Waals surface area contributed by atoms with Crippen molar-refractivity contribution in [1.82, 2.24) is 0 Å². The third-order valence-corrected chi connectivity index (χ3v) is 15.3. The Balaban J connectivity index is 1.13. The molecule has 1 nitrogen and oxygen atoms in total. The van der Waals surface area contributed by atoms with Crippen molar-refractivity contribution in [2.45, 2.75) is 194 Å². The van der Waals surface area contributed by atoms with Gasteiger partial charge < -0.3 is 4.74 Å². The van der Waals surface area contributed by atoms with Gasteiger partial charge in [0, 0.05) is 0 Å². The summed E-state index contributed by atoms with van der Waals surface area (Å²) >= 11 is 0. The van der Waals surface area contributed by atoms with Crippen LogP contribution in [0, 0.1) is 35.5 Å². The lowest BCUT2D eigenvalue weighted by Crippen LogP contribution is -2.17. The zero-order valence-electron chi connectivity index (χ0n) is 36.2. The third kappa shape index (κ3) is 12.4. The Kier molecular flexibility index (Phi) is 17.6. The molecule has 0 spiro atoms. The summed E-state index contributed by atoms with van der Waals surface area (Å²) in [4.78, 5) is 0. The van der Waals surface area contributed by atoms with Crippen molar-refractivity contribution in [2.75, 3.05) is 13.2 Å². The lowest BCUT2D eigenvalue weighted by atomic mass is 9.74. The van der Waals surface area contributed by atoms with Crippen molar-refractivity contribution in [3.8, 4) is 0 Å². The predicted molar refractivity (Wildman–Crippen MR) is 240 cm³/mol. The topological polar surface area (TPSA) is 9.23 Å². The van der Waals surface area contributed by atoms with Gasteiger partial charge in [0.2, 0.25) is 0 Å². The van der Waals surface area contributed by atoms with Gasteiger partial charge in [-0.05, 0) is 183 Å². The first-order valence-electron chi connectivity index (χ1n) is 24.3. The van der Waals surface area contributed by atoms with E-state index in [9.17, 15) is 0 Å². The molecule has 0 amide bonds. The normalized spacial score (nSPS) is 29.7. The molecule has 304 valence electrons. The Morgan fingerprint density at radius 1 is 0.418 bits per heavy atom. The number of allylic oxidation sites excluding steroid dienone is 2. The van der Waals surface area contributed by atoms with Crippen LogP contribution in [-0.4, -0.2) is 13.2 Å². The standard InChI is InChI=1S/C54H82O/c1-5-9-41-13-21-45(22-14-41)47-29-33-51(34-30-47)53(49-25-17-43(11-7-3)18-26-49)37-39-55-40-38-54(50-27-19-44(12-8-4)20-28-50)52-35-31-48(32-36-52)46-23-15-42(10-6-2)16-24-46/h29-38,41-46,49-50H,5-28,39-40H2,1-4H3. The average molecular weight is 747 g/mol. The van der Waals surface area contributed by atoms with Gasteiger partial charge >= 0.3 is 0 Å². The van der Waals surface area contributed by atoms with Crippen molar-refractivity contribution in [2.24, 2.45) is 35.5 Å². The second kappa shape index (κ2) is 22.7. The molecule has 55 heavy (non-hydrogen) atoms. The number of hydrogen-bond donors (Lipinski definition) is 0. The minimum absolute atomic E-state index is 0.664. The Hall–Kier alpha value is -2.12. The summed E-state index contributed by atoms with van der Waals surface area (Å²) in [6, 6.07) is 19.9. The maximum Gasteiger partial charge on any atom is 0.0657 e. The molecule has 1 heteroatoms. The van der Waals surface area contributed by atoms with Gasteiger partial charge in [0.1, 0.15) is 0 Å². The molecule has 0 unspecified atom stereocenters. The van der Waals surface area contributed by atoms with E-state index in [1.54, 1.807) is 22.3 Å². The molecule has 0 saturated heterocycles. The van der Waals surface area contributed by atoms with Crippen LogP contribution in [0.25, 0.3) is 11.1 Å². The first kappa shape index (κ1) is 42.5. The van der Waals surface area contributed by atoms with Crippen molar-refractivity contribution in [3.63, 3.8) is 0 Å². The van der Waals surface area contributed by atoms with Crippen LogP contribution < -0.4 is 0 Å². The van der Waals surface area contributed by atoms with Crippen molar-refractivity contribution in [3.05, 3.63) is 82.9 Å². The lowest BCUT2D eigenvalue weighted by molar-refractivity contribution is 0.193. The first-order valence-corrected chi connectivity index (χ1v) is 24.3. The zero-order chi connectivity index (χ0) is 38.2. The summed E-state index contributed by atoms with van der Waals surface area (Å²) < 4.78 is 6.58. The second-order valence-electron chi connectivity index (χ2n) is 19.1. The molecule has 0 aromatic heterocycles. The Bertz CT molecular complexity index is 1290. The van der Waals surface area contributed by atoms with Gasteiger partial charge in [-0.1, -0.05) is 140 Å². The number of ether oxygens (including phenoxy) is 1. The molecular formula is C54H82O. The Labute approximate surface area is 340 Å². The maximum absolute atomic E-state index is 6.58. The van der Waals surface area contributed by atoms with E-state index in [-0.39, 0.29) is 0 Å². The molecule has 0 aliphatic heterocycles. The van der Waals surface area contributed by atoms with E-state index in [0.29, 0.717) is 25.0 Å². The highest BCUT2D eigenvalue weighted by atomic mass is 16.5. The van der Waals surface area contributed by atoms with Crippen LogP contribution in [-0.2, 0) is 4.74 Å². The van der Waals surface area contributed by atoms with Crippen molar-refractivity contribution < 1.29 is 4.74 Å². The van der Waals surface area contributed by atoms with Crippen molar-refractivity contribution >= 4 is 11.1 Å². The summed E-state index contributed by atoms with van der Waals surface area (Å²) in [5.74, 6) is 6.64. The average Bonchev–Trinajstić information content (AvgIpc) is 3.23. The summed E-state index contributed by atoms with van der Waals surface area (Å²) in [7, 11) is 0. The molecule has 0 bridgehead atoms. The van der Waals surface area contributed by atoms with E-state index < -0.39 is 0 Å². The molecule has 0 atom stereocenters. The van der Waals surface area contributed by atoms with Gasteiger partial charge in [-0.25, -0.2) is 0 Å². The van der Waals surface area contributed by atoms with E-state index in [0.717, 1.165) is 35.5 Å². The maximum atomic E-state index is 6.58. The summed E-state index contributed by atoms with van der Waals surface area (Å²) in [6.45, 7) is 10.8. The predicted octanol–water partition coefficient (Wildman–Crippen LogP) is 16.5. The van der Waals surface area contributed by atoms with Crippen molar-refractivity contribution in [1.29, 1.82) is 0 Å². The zero-order valence-corrected chi connectivity index (χ0v) is 36.2. The summed E-state index contributed by atoms with van der Waals surface area (Å²) in [6.07, 6.45) is 38.1. The van der Waals surface area contributed by atoms with Gasteiger partial charge in [0.15, 0.2) is 0 Å². The van der Waals surface area contributed by atoms with Crippen LogP contribution in [0.3, 0.4) is 0 Å².